The molecule has 0 fully saturated rings. The fourth-order valence-electron chi connectivity index (χ4n) is 3.48. The minimum Gasteiger partial charge on any atom is -0.497 e. The molecule has 0 aliphatic heterocycles. The number of carbonyl (C=O) groups excluding carboxylic acids is 1. The molecule has 0 radical (unpaired) electrons. The van der Waals surface area contributed by atoms with Crippen LogP contribution < -0.4 is 4.74 Å². The van der Waals surface area contributed by atoms with Crippen molar-refractivity contribution in [1.82, 2.24) is 0 Å². The minimum absolute atomic E-state index is 0.0985. The van der Waals surface area contributed by atoms with Gasteiger partial charge < -0.3 is 4.74 Å². The van der Waals surface area contributed by atoms with Crippen LogP contribution in [0.1, 0.15) is 41.4 Å². The van der Waals surface area contributed by atoms with Crippen molar-refractivity contribution in [3.63, 3.8) is 0 Å². The number of hydrogen-bond acceptors (Lipinski definition) is 2. The quantitative estimate of drug-likeness (QED) is 0.673. The van der Waals surface area contributed by atoms with Crippen LogP contribution in [-0.4, -0.2) is 13.4 Å². The molecule has 0 aromatic heterocycles. The lowest BCUT2D eigenvalue weighted by Gasteiger charge is -2.30. The number of benzene rings is 2. The van der Waals surface area contributed by atoms with Crippen LogP contribution in [0.25, 0.3) is 0 Å². The zero-order valence-electron chi connectivity index (χ0n) is 14.3. The summed E-state index contributed by atoms with van der Waals surface area (Å²) in [7, 11) is 1.60. The van der Waals surface area contributed by atoms with E-state index in [1.807, 2.05) is 30.3 Å². The van der Waals surface area contributed by atoms with Crippen molar-refractivity contribution in [3.8, 4) is 5.75 Å². The first-order chi connectivity index (χ1) is 12.4. The van der Waals surface area contributed by atoms with Crippen molar-refractivity contribution in [3.05, 3.63) is 76.9 Å². The van der Waals surface area contributed by atoms with E-state index in [1.54, 1.807) is 7.11 Å². The van der Waals surface area contributed by atoms with Crippen LogP contribution in [0, 0.1) is 0 Å². The average Bonchev–Trinajstić information content (AvgIpc) is 2.67. The molecule has 2 aromatic rings. The second kappa shape index (κ2) is 7.36. The smallest absolute Gasteiger partial charge is 0.416 e. The third-order valence-corrected chi connectivity index (χ3v) is 4.89. The Morgan fingerprint density at radius 3 is 2.15 bits per heavy atom. The van der Waals surface area contributed by atoms with Crippen LogP contribution in [-0.2, 0) is 11.0 Å². The van der Waals surface area contributed by atoms with E-state index >= 15 is 0 Å². The van der Waals surface area contributed by atoms with E-state index in [0.717, 1.165) is 41.7 Å². The predicted octanol–water partition coefficient (Wildman–Crippen LogP) is 5.50. The standard InChI is InChI=1S/C21H19F3O2/c1-26-18-9-5-15(6-10-18)19-11-2-14(13-25)12-20(19)16-3-7-17(8-4-16)21(22,23)24/h3-10,12-13,19-20H,2,11H2,1H3. The molecular weight excluding hydrogens is 341 g/mol. The molecule has 1 aliphatic carbocycles. The van der Waals surface area contributed by atoms with E-state index in [-0.39, 0.29) is 11.8 Å². The van der Waals surface area contributed by atoms with Crippen LogP contribution in [0.5, 0.6) is 5.75 Å². The topological polar surface area (TPSA) is 26.3 Å². The van der Waals surface area contributed by atoms with Crippen LogP contribution >= 0.6 is 0 Å². The molecular formula is C21H19F3O2. The van der Waals surface area contributed by atoms with Gasteiger partial charge in [-0.25, -0.2) is 0 Å². The number of halogens is 3. The third kappa shape index (κ3) is 3.82. The minimum atomic E-state index is -4.36. The van der Waals surface area contributed by atoms with Gasteiger partial charge >= 0.3 is 6.18 Å². The van der Waals surface area contributed by atoms with Crippen LogP contribution in [0.4, 0.5) is 13.2 Å². The third-order valence-electron chi connectivity index (χ3n) is 4.89. The van der Waals surface area contributed by atoms with Crippen molar-refractivity contribution in [2.75, 3.05) is 7.11 Å². The predicted molar refractivity (Wildman–Crippen MR) is 93.3 cm³/mol. The first-order valence-electron chi connectivity index (χ1n) is 8.39. The normalized spacial score (nSPS) is 20.4. The first kappa shape index (κ1) is 18.2. The van der Waals surface area contributed by atoms with Crippen molar-refractivity contribution < 1.29 is 22.7 Å². The number of methoxy groups -OCH3 is 1. The average molecular weight is 360 g/mol. The SMILES string of the molecule is COc1ccc(C2CCC(C=O)=CC2c2ccc(C(F)(F)F)cc2)cc1. The molecule has 2 aromatic carbocycles. The van der Waals surface area contributed by atoms with Gasteiger partial charge in [-0.3, -0.25) is 4.79 Å². The molecule has 2 unspecified atom stereocenters. The summed E-state index contributed by atoms with van der Waals surface area (Å²) >= 11 is 0. The molecule has 26 heavy (non-hydrogen) atoms. The van der Waals surface area contributed by atoms with Gasteiger partial charge in [0.1, 0.15) is 12.0 Å². The molecule has 0 amide bonds. The zero-order valence-corrected chi connectivity index (χ0v) is 14.3. The summed E-state index contributed by atoms with van der Waals surface area (Å²) in [6, 6.07) is 12.9. The highest BCUT2D eigenvalue weighted by Crippen LogP contribution is 2.43. The lowest BCUT2D eigenvalue weighted by atomic mass is 9.74. The number of allylic oxidation sites excluding steroid dienone is 2. The Morgan fingerprint density at radius 2 is 1.62 bits per heavy atom. The van der Waals surface area contributed by atoms with Crippen molar-refractivity contribution in [1.29, 1.82) is 0 Å². The molecule has 0 saturated heterocycles. The van der Waals surface area contributed by atoms with Gasteiger partial charge in [0, 0.05) is 5.92 Å². The van der Waals surface area contributed by atoms with Gasteiger partial charge in [-0.05, 0) is 59.7 Å². The zero-order chi connectivity index (χ0) is 18.7. The molecule has 5 heteroatoms. The Kier molecular flexibility index (Phi) is 5.16. The fraction of sp³-hybridized carbons (Fsp3) is 0.286. The van der Waals surface area contributed by atoms with Crippen molar-refractivity contribution >= 4 is 6.29 Å². The number of aldehydes is 1. The summed E-state index contributed by atoms with van der Waals surface area (Å²) in [5.74, 6) is 0.709. The van der Waals surface area contributed by atoms with Crippen LogP contribution in [0.15, 0.2) is 60.2 Å². The van der Waals surface area contributed by atoms with Gasteiger partial charge in [-0.2, -0.15) is 13.2 Å². The molecule has 3 rings (SSSR count). The van der Waals surface area contributed by atoms with Gasteiger partial charge in [-0.1, -0.05) is 30.3 Å². The second-order valence-corrected chi connectivity index (χ2v) is 6.42. The van der Waals surface area contributed by atoms with E-state index in [1.165, 1.54) is 12.1 Å². The van der Waals surface area contributed by atoms with Crippen molar-refractivity contribution in [2.45, 2.75) is 30.9 Å². The Morgan fingerprint density at radius 1 is 1.00 bits per heavy atom. The Labute approximate surface area is 150 Å². The lowest BCUT2D eigenvalue weighted by Crippen LogP contribution is -2.16. The first-order valence-corrected chi connectivity index (χ1v) is 8.39. The molecule has 0 N–H and O–H groups in total. The van der Waals surface area contributed by atoms with E-state index in [2.05, 4.69) is 0 Å². The summed E-state index contributed by atoms with van der Waals surface area (Å²) in [4.78, 5) is 11.2. The lowest BCUT2D eigenvalue weighted by molar-refractivity contribution is -0.137. The summed E-state index contributed by atoms with van der Waals surface area (Å²) in [6.07, 6.45) is -0.209. The van der Waals surface area contributed by atoms with Gasteiger partial charge in [-0.15, -0.1) is 0 Å². The van der Waals surface area contributed by atoms with Gasteiger partial charge in [0.15, 0.2) is 0 Å². The molecule has 0 heterocycles. The highest BCUT2D eigenvalue weighted by Gasteiger charge is 2.32. The maximum atomic E-state index is 12.8. The number of ether oxygens (including phenoxy) is 1. The summed E-state index contributed by atoms with van der Waals surface area (Å²) in [5, 5.41) is 0. The monoisotopic (exact) mass is 360 g/mol. The van der Waals surface area contributed by atoms with E-state index < -0.39 is 11.7 Å². The fourth-order valence-corrected chi connectivity index (χ4v) is 3.48. The molecule has 2 atom stereocenters. The second-order valence-electron chi connectivity index (χ2n) is 6.42. The Hall–Kier alpha value is -2.56. The maximum Gasteiger partial charge on any atom is 0.416 e. The number of hydrogen-bond donors (Lipinski definition) is 0. The summed E-state index contributed by atoms with van der Waals surface area (Å²) < 4.78 is 43.6. The molecule has 1 aliphatic rings. The Bertz CT molecular complexity index is 790. The number of alkyl halides is 3. The molecule has 0 bridgehead atoms. The molecule has 0 saturated carbocycles. The summed E-state index contributed by atoms with van der Waals surface area (Å²) in [6.45, 7) is 0. The van der Waals surface area contributed by atoms with E-state index in [4.69, 9.17) is 4.74 Å². The molecule has 0 spiro atoms. The highest BCUT2D eigenvalue weighted by atomic mass is 19.4. The Balaban J connectivity index is 1.96. The van der Waals surface area contributed by atoms with Gasteiger partial charge in [0.2, 0.25) is 0 Å². The van der Waals surface area contributed by atoms with Crippen LogP contribution in [0.2, 0.25) is 0 Å². The number of carbonyl (C=O) groups is 1. The summed E-state index contributed by atoms with van der Waals surface area (Å²) in [5.41, 5.74) is 1.88. The highest BCUT2D eigenvalue weighted by molar-refractivity contribution is 5.74. The van der Waals surface area contributed by atoms with Gasteiger partial charge in [0.05, 0.1) is 12.7 Å². The largest absolute Gasteiger partial charge is 0.497 e. The van der Waals surface area contributed by atoms with E-state index in [9.17, 15) is 18.0 Å². The van der Waals surface area contributed by atoms with Crippen molar-refractivity contribution in [2.24, 2.45) is 0 Å². The van der Waals surface area contributed by atoms with Crippen LogP contribution in [0.3, 0.4) is 0 Å². The number of rotatable bonds is 4. The molecule has 2 nitrogen and oxygen atoms in total. The van der Waals surface area contributed by atoms with E-state index in [0.29, 0.717) is 12.0 Å². The van der Waals surface area contributed by atoms with Gasteiger partial charge in [0.25, 0.3) is 0 Å². The molecule has 136 valence electrons. The maximum absolute atomic E-state index is 12.8.